The average molecular weight is 450 g/mol. The second-order valence-corrected chi connectivity index (χ2v) is 12.1. The number of carboxylic acids is 1. The van der Waals surface area contributed by atoms with Crippen molar-refractivity contribution in [1.29, 1.82) is 0 Å². The number of hydrogen-bond acceptors (Lipinski definition) is 4. The molecule has 32 heavy (non-hydrogen) atoms. The average Bonchev–Trinajstić information content (AvgIpc) is 3.09. The van der Waals surface area contributed by atoms with Crippen molar-refractivity contribution < 1.29 is 24.9 Å². The van der Waals surface area contributed by atoms with Gasteiger partial charge in [-0.2, -0.15) is 0 Å². The molecular weight excluding hydrogens is 406 g/mol. The van der Waals surface area contributed by atoms with Crippen molar-refractivity contribution in [1.82, 2.24) is 5.32 Å². The Bertz CT molecular complexity index is 727. The highest BCUT2D eigenvalue weighted by atomic mass is 16.4. The van der Waals surface area contributed by atoms with Crippen molar-refractivity contribution in [2.24, 2.45) is 46.3 Å². The Morgan fingerprint density at radius 2 is 1.66 bits per heavy atom. The van der Waals surface area contributed by atoms with E-state index >= 15 is 0 Å². The van der Waals surface area contributed by atoms with Gasteiger partial charge in [-0.15, -0.1) is 0 Å². The van der Waals surface area contributed by atoms with E-state index in [-0.39, 0.29) is 41.4 Å². The number of carbonyl (C=O) groups excluding carboxylic acids is 1. The zero-order valence-corrected chi connectivity index (χ0v) is 20.1. The van der Waals surface area contributed by atoms with Crippen LogP contribution < -0.4 is 5.32 Å². The lowest BCUT2D eigenvalue weighted by Gasteiger charge is -2.62. The summed E-state index contributed by atoms with van der Waals surface area (Å²) in [7, 11) is 0. The number of carbonyl (C=O) groups is 2. The molecule has 6 heteroatoms. The lowest BCUT2D eigenvalue weighted by atomic mass is 9.44. The van der Waals surface area contributed by atoms with Gasteiger partial charge in [-0.3, -0.25) is 9.59 Å². The fourth-order valence-corrected chi connectivity index (χ4v) is 9.08. The summed E-state index contributed by atoms with van der Waals surface area (Å²) in [5.41, 5.74) is 0.407. The predicted octanol–water partition coefficient (Wildman–Crippen LogP) is 3.59. The van der Waals surface area contributed by atoms with E-state index in [1.165, 1.54) is 25.7 Å². The lowest BCUT2D eigenvalue weighted by molar-refractivity contribution is -0.172. The van der Waals surface area contributed by atoms with Crippen molar-refractivity contribution in [3.05, 3.63) is 0 Å². The maximum Gasteiger partial charge on any atom is 0.322 e. The Morgan fingerprint density at radius 1 is 0.969 bits per heavy atom. The molecule has 4 saturated carbocycles. The number of aliphatic hydroxyl groups excluding tert-OH is 2. The van der Waals surface area contributed by atoms with Crippen LogP contribution >= 0.6 is 0 Å². The third-order valence-electron chi connectivity index (χ3n) is 10.7. The topological polar surface area (TPSA) is 107 Å². The number of rotatable bonds is 6. The zero-order valence-electron chi connectivity index (χ0n) is 20.1. The Labute approximate surface area is 192 Å². The molecule has 4 rings (SSSR count). The first-order valence-electron chi connectivity index (χ1n) is 12.9. The first kappa shape index (κ1) is 24.0. The van der Waals surface area contributed by atoms with Crippen LogP contribution in [-0.2, 0) is 9.59 Å². The van der Waals surface area contributed by atoms with Crippen molar-refractivity contribution in [3.8, 4) is 0 Å². The van der Waals surface area contributed by atoms with Crippen LogP contribution in [0.2, 0.25) is 0 Å². The monoisotopic (exact) mass is 449 g/mol. The first-order chi connectivity index (χ1) is 15.1. The molecule has 6 nitrogen and oxygen atoms in total. The van der Waals surface area contributed by atoms with Gasteiger partial charge in [-0.1, -0.05) is 20.8 Å². The smallest absolute Gasteiger partial charge is 0.322 e. The summed E-state index contributed by atoms with van der Waals surface area (Å²) in [6.07, 6.45) is 9.03. The largest absolute Gasteiger partial charge is 0.480 e. The molecule has 0 aromatic rings. The van der Waals surface area contributed by atoms with Crippen LogP contribution in [0.25, 0.3) is 0 Å². The molecule has 0 aromatic heterocycles. The minimum absolute atomic E-state index is 0.148. The molecule has 0 radical (unpaired) electrons. The Balaban J connectivity index is 1.43. The summed E-state index contributed by atoms with van der Waals surface area (Å²) >= 11 is 0. The zero-order chi connectivity index (χ0) is 23.3. The number of fused-ring (bicyclic) bond motifs is 5. The molecule has 0 unspecified atom stereocenters. The van der Waals surface area contributed by atoms with Crippen LogP contribution in [0.1, 0.15) is 85.0 Å². The summed E-state index contributed by atoms with van der Waals surface area (Å²) in [5, 5.41) is 32.6. The van der Waals surface area contributed by atoms with Crippen LogP contribution in [0.4, 0.5) is 0 Å². The molecule has 4 aliphatic carbocycles. The second kappa shape index (κ2) is 8.90. The number of nitrogens with one attached hydrogen (secondary N) is 1. The molecule has 4 aliphatic rings. The lowest BCUT2D eigenvalue weighted by Crippen LogP contribution is -2.58. The van der Waals surface area contributed by atoms with E-state index in [1.807, 2.05) is 0 Å². The van der Waals surface area contributed by atoms with E-state index in [2.05, 4.69) is 26.1 Å². The fourth-order valence-electron chi connectivity index (χ4n) is 9.08. The van der Waals surface area contributed by atoms with Crippen molar-refractivity contribution in [2.45, 2.75) is 97.2 Å². The fraction of sp³-hybridized carbons (Fsp3) is 0.923. The predicted molar refractivity (Wildman–Crippen MR) is 122 cm³/mol. The summed E-state index contributed by atoms with van der Waals surface area (Å²) in [6.45, 7) is 6.83. The molecule has 10 atom stereocenters. The van der Waals surface area contributed by atoms with Gasteiger partial charge < -0.3 is 20.6 Å². The van der Waals surface area contributed by atoms with E-state index in [1.54, 1.807) is 0 Å². The van der Waals surface area contributed by atoms with Gasteiger partial charge in [0.15, 0.2) is 0 Å². The minimum Gasteiger partial charge on any atom is -0.480 e. The second-order valence-electron chi connectivity index (χ2n) is 12.1. The van der Waals surface area contributed by atoms with Gasteiger partial charge in [0.1, 0.15) is 6.54 Å². The molecule has 0 bridgehead atoms. The summed E-state index contributed by atoms with van der Waals surface area (Å²) < 4.78 is 0. The van der Waals surface area contributed by atoms with E-state index in [9.17, 15) is 19.8 Å². The quantitative estimate of drug-likeness (QED) is 0.496. The Morgan fingerprint density at radius 3 is 2.38 bits per heavy atom. The molecule has 0 aliphatic heterocycles. The summed E-state index contributed by atoms with van der Waals surface area (Å²) in [5.74, 6) is 1.92. The highest BCUT2D eigenvalue weighted by Gasteiger charge is 2.62. The van der Waals surface area contributed by atoms with E-state index < -0.39 is 5.97 Å². The normalized spacial score (nSPS) is 46.5. The number of amides is 1. The number of carboxylic acid groups (broad SMARTS) is 1. The van der Waals surface area contributed by atoms with E-state index in [0.717, 1.165) is 32.1 Å². The molecule has 182 valence electrons. The highest BCUT2D eigenvalue weighted by molar-refractivity contribution is 5.81. The van der Waals surface area contributed by atoms with Gasteiger partial charge in [0.25, 0.3) is 0 Å². The van der Waals surface area contributed by atoms with Gasteiger partial charge in [-0.25, -0.2) is 0 Å². The third kappa shape index (κ3) is 4.11. The number of hydrogen-bond donors (Lipinski definition) is 4. The summed E-state index contributed by atoms with van der Waals surface area (Å²) in [6, 6.07) is 0. The maximum atomic E-state index is 12.0. The minimum atomic E-state index is -1.01. The molecule has 4 N–H and O–H groups in total. The van der Waals surface area contributed by atoms with Crippen LogP contribution in [0.5, 0.6) is 0 Å². The van der Waals surface area contributed by atoms with Gasteiger partial charge in [0.2, 0.25) is 5.91 Å². The van der Waals surface area contributed by atoms with Gasteiger partial charge in [0, 0.05) is 6.42 Å². The molecule has 0 spiro atoms. The van der Waals surface area contributed by atoms with Crippen molar-refractivity contribution in [2.75, 3.05) is 6.54 Å². The van der Waals surface area contributed by atoms with Crippen LogP contribution in [-0.4, -0.2) is 45.9 Å². The molecule has 1 amide bonds. The third-order valence-corrected chi connectivity index (χ3v) is 10.7. The van der Waals surface area contributed by atoms with Gasteiger partial charge in [-0.05, 0) is 104 Å². The number of aliphatic carboxylic acids is 1. The van der Waals surface area contributed by atoms with E-state index in [4.69, 9.17) is 5.11 Å². The van der Waals surface area contributed by atoms with Crippen LogP contribution in [0, 0.1) is 46.3 Å². The van der Waals surface area contributed by atoms with Crippen molar-refractivity contribution in [3.63, 3.8) is 0 Å². The summed E-state index contributed by atoms with van der Waals surface area (Å²) in [4.78, 5) is 22.7. The van der Waals surface area contributed by atoms with Gasteiger partial charge >= 0.3 is 5.97 Å². The SMILES string of the molecule is C[C@@H](CCC(=O)NCC(=O)O)[C@@H]1CC[C@@H]2[C@H]3C[C@@H](O)[C@H]4C[C@@H](O)CC[C@@]4(C)[C@@H]3CC[C@]21C. The molecule has 0 saturated heterocycles. The van der Waals surface area contributed by atoms with E-state index in [0.29, 0.717) is 36.0 Å². The molecule has 0 heterocycles. The number of aliphatic hydroxyl groups is 2. The van der Waals surface area contributed by atoms with Crippen molar-refractivity contribution >= 4 is 11.9 Å². The van der Waals surface area contributed by atoms with Gasteiger partial charge in [0.05, 0.1) is 12.2 Å². The van der Waals surface area contributed by atoms with Crippen LogP contribution in [0.15, 0.2) is 0 Å². The highest BCUT2D eigenvalue weighted by Crippen LogP contribution is 2.68. The standard InChI is InChI=1S/C26H43NO5/c1-15(4-7-23(30)27-14-24(31)32)18-5-6-19-17-13-22(29)21-12-16(28)8-10-26(21,3)20(17)9-11-25(18,19)2/h15-22,28-29H,4-14H2,1-3H3,(H,27,30)(H,31,32)/t15-,16-,17+,18-,19+,20+,21+,22+,25-,26-/m0/s1. The maximum absolute atomic E-state index is 12.0. The molecule has 4 fully saturated rings. The first-order valence-corrected chi connectivity index (χ1v) is 12.9. The van der Waals surface area contributed by atoms with Crippen LogP contribution in [0.3, 0.4) is 0 Å². The molecular formula is C26H43NO5. The molecule has 0 aromatic carbocycles. The Kier molecular flexibility index (Phi) is 6.68. The Hall–Kier alpha value is -1.14.